The van der Waals surface area contributed by atoms with Crippen LogP contribution in [0.1, 0.15) is 44.1 Å². The van der Waals surface area contributed by atoms with Crippen LogP contribution in [0.2, 0.25) is 5.02 Å². The van der Waals surface area contributed by atoms with E-state index >= 15 is 0 Å². The van der Waals surface area contributed by atoms with Gasteiger partial charge >= 0.3 is 0 Å². The molecule has 1 aromatic rings. The van der Waals surface area contributed by atoms with E-state index < -0.39 is 0 Å². The molecule has 0 aliphatic heterocycles. The van der Waals surface area contributed by atoms with Gasteiger partial charge in [0.2, 0.25) is 0 Å². The largest absolute Gasteiger partial charge is 0.271 e. The maximum Gasteiger partial charge on any atom is 0.124 e. The molecule has 20 heavy (non-hydrogen) atoms. The van der Waals surface area contributed by atoms with Gasteiger partial charge in [-0.1, -0.05) is 42.2 Å². The molecular weight excluding hydrogens is 275 g/mol. The second-order valence-corrected chi connectivity index (χ2v) is 5.80. The fraction of sp³-hybridized carbons (Fsp3) is 0.500. The second kappa shape index (κ2) is 7.77. The van der Waals surface area contributed by atoms with Crippen molar-refractivity contribution >= 4 is 11.6 Å². The summed E-state index contributed by atoms with van der Waals surface area (Å²) in [6.07, 6.45) is 10.3. The highest BCUT2D eigenvalue weighted by Gasteiger charge is 2.16. The zero-order valence-corrected chi connectivity index (χ0v) is 12.4. The number of nitrogens with two attached hydrogens (primary N) is 1. The smallest absolute Gasteiger partial charge is 0.124 e. The monoisotopic (exact) mass is 296 g/mol. The summed E-state index contributed by atoms with van der Waals surface area (Å²) in [5, 5.41) is 0.469. The quantitative estimate of drug-likeness (QED) is 0.498. The first-order valence-corrected chi connectivity index (χ1v) is 7.67. The Labute approximate surface area is 125 Å². The average Bonchev–Trinajstić information content (AvgIpc) is 2.39. The highest BCUT2D eigenvalue weighted by atomic mass is 35.5. The first-order chi connectivity index (χ1) is 9.70. The van der Waals surface area contributed by atoms with Gasteiger partial charge in [0.15, 0.2) is 0 Å². The van der Waals surface area contributed by atoms with E-state index in [0.717, 1.165) is 18.4 Å². The molecule has 0 saturated heterocycles. The van der Waals surface area contributed by atoms with Crippen LogP contribution in [0.3, 0.4) is 0 Å². The summed E-state index contributed by atoms with van der Waals surface area (Å²) in [5.41, 5.74) is 5.17. The lowest BCUT2D eigenvalue weighted by Crippen LogP contribution is -2.38. The molecule has 1 aromatic carbocycles. The van der Waals surface area contributed by atoms with Crippen molar-refractivity contribution in [2.24, 2.45) is 5.84 Å². The summed E-state index contributed by atoms with van der Waals surface area (Å²) in [5.74, 6) is 5.41. The third-order valence-electron chi connectivity index (χ3n) is 3.91. The highest BCUT2D eigenvalue weighted by Crippen LogP contribution is 2.24. The molecule has 4 heteroatoms. The van der Waals surface area contributed by atoms with Gasteiger partial charge in [0.1, 0.15) is 5.82 Å². The number of halogens is 2. The van der Waals surface area contributed by atoms with Gasteiger partial charge in [0, 0.05) is 11.1 Å². The number of benzene rings is 1. The minimum absolute atomic E-state index is 0.0797. The summed E-state index contributed by atoms with van der Waals surface area (Å²) in [4.78, 5) is 0. The van der Waals surface area contributed by atoms with E-state index in [1.807, 2.05) is 0 Å². The Hall–Kier alpha value is -0.900. The number of hydrogen-bond acceptors (Lipinski definition) is 2. The van der Waals surface area contributed by atoms with E-state index in [2.05, 4.69) is 11.5 Å². The summed E-state index contributed by atoms with van der Waals surface area (Å²) >= 11 is 6.10. The SMILES string of the molecule is NNC(Cc1ccc(F)cc1Cl)/C1=C/CCCCCC1. The zero-order chi connectivity index (χ0) is 14.4. The van der Waals surface area contributed by atoms with E-state index in [1.165, 1.54) is 43.4 Å². The van der Waals surface area contributed by atoms with Crippen molar-refractivity contribution < 1.29 is 4.39 Å². The van der Waals surface area contributed by atoms with Crippen LogP contribution in [0.5, 0.6) is 0 Å². The van der Waals surface area contributed by atoms with E-state index in [9.17, 15) is 4.39 Å². The summed E-state index contributed by atoms with van der Waals surface area (Å²) in [6.45, 7) is 0. The Morgan fingerprint density at radius 2 is 2.05 bits per heavy atom. The minimum atomic E-state index is -0.304. The van der Waals surface area contributed by atoms with Crippen LogP contribution in [0.4, 0.5) is 4.39 Å². The Balaban J connectivity index is 2.11. The molecule has 1 atom stereocenters. The third kappa shape index (κ3) is 4.30. The number of hydrogen-bond donors (Lipinski definition) is 2. The van der Waals surface area contributed by atoms with Gasteiger partial charge < -0.3 is 0 Å². The number of nitrogens with one attached hydrogen (secondary N) is 1. The highest BCUT2D eigenvalue weighted by molar-refractivity contribution is 6.31. The first kappa shape index (κ1) is 15.5. The van der Waals surface area contributed by atoms with Gasteiger partial charge in [-0.05, 0) is 49.8 Å². The second-order valence-electron chi connectivity index (χ2n) is 5.39. The molecule has 0 bridgehead atoms. The van der Waals surface area contributed by atoms with Crippen LogP contribution in [-0.4, -0.2) is 6.04 Å². The zero-order valence-electron chi connectivity index (χ0n) is 11.7. The van der Waals surface area contributed by atoms with Crippen molar-refractivity contribution in [3.05, 3.63) is 46.3 Å². The van der Waals surface area contributed by atoms with Crippen LogP contribution in [-0.2, 0) is 6.42 Å². The van der Waals surface area contributed by atoms with Crippen LogP contribution >= 0.6 is 11.6 Å². The number of rotatable bonds is 4. The Kier molecular flexibility index (Phi) is 6.02. The average molecular weight is 297 g/mol. The van der Waals surface area contributed by atoms with E-state index in [4.69, 9.17) is 17.4 Å². The lowest BCUT2D eigenvalue weighted by Gasteiger charge is -2.22. The molecule has 0 heterocycles. The maximum absolute atomic E-state index is 13.1. The fourth-order valence-electron chi connectivity index (χ4n) is 2.74. The molecule has 1 aliphatic carbocycles. The molecule has 110 valence electrons. The van der Waals surface area contributed by atoms with E-state index in [1.54, 1.807) is 6.07 Å². The first-order valence-electron chi connectivity index (χ1n) is 7.29. The van der Waals surface area contributed by atoms with E-state index in [-0.39, 0.29) is 11.9 Å². The third-order valence-corrected chi connectivity index (χ3v) is 4.27. The standard InChI is InChI=1S/C16H22ClFN2/c17-15-11-14(18)9-8-13(15)10-16(20-19)12-6-4-2-1-3-5-7-12/h6,8-9,11,16,20H,1-5,7,10,19H2/b12-6+. The molecule has 1 aliphatic rings. The van der Waals surface area contributed by atoms with Crippen LogP contribution < -0.4 is 11.3 Å². The molecule has 1 unspecified atom stereocenters. The van der Waals surface area contributed by atoms with Gasteiger partial charge in [-0.2, -0.15) is 0 Å². The lowest BCUT2D eigenvalue weighted by molar-refractivity contribution is 0.536. The fourth-order valence-corrected chi connectivity index (χ4v) is 2.98. The molecule has 2 rings (SSSR count). The topological polar surface area (TPSA) is 38.0 Å². The molecule has 0 radical (unpaired) electrons. The normalized spacial score (nSPS) is 20.6. The van der Waals surface area contributed by atoms with Gasteiger partial charge in [0.05, 0.1) is 0 Å². The molecule has 3 N–H and O–H groups in total. The van der Waals surface area contributed by atoms with Gasteiger partial charge in [-0.15, -0.1) is 0 Å². The van der Waals surface area contributed by atoms with Crippen molar-refractivity contribution in [1.29, 1.82) is 0 Å². The number of hydrazine groups is 1. The summed E-state index contributed by atoms with van der Waals surface area (Å²) in [6, 6.07) is 4.63. The van der Waals surface area contributed by atoms with Crippen LogP contribution in [0.15, 0.2) is 29.8 Å². The van der Waals surface area contributed by atoms with Crippen molar-refractivity contribution in [2.75, 3.05) is 0 Å². The minimum Gasteiger partial charge on any atom is -0.271 e. The molecular formula is C16H22ClFN2. The molecule has 0 amide bonds. The lowest BCUT2D eigenvalue weighted by atomic mass is 9.91. The summed E-state index contributed by atoms with van der Waals surface area (Å²) in [7, 11) is 0. The van der Waals surface area contributed by atoms with Gasteiger partial charge in [-0.25, -0.2) is 4.39 Å². The van der Waals surface area contributed by atoms with Crippen molar-refractivity contribution in [1.82, 2.24) is 5.43 Å². The van der Waals surface area contributed by atoms with Crippen molar-refractivity contribution in [2.45, 2.75) is 51.0 Å². The molecule has 0 spiro atoms. The Bertz CT molecular complexity index is 474. The van der Waals surface area contributed by atoms with Gasteiger partial charge in [-0.3, -0.25) is 11.3 Å². The molecule has 0 saturated carbocycles. The van der Waals surface area contributed by atoms with Crippen molar-refractivity contribution in [3.63, 3.8) is 0 Å². The predicted molar refractivity (Wildman–Crippen MR) is 82.0 cm³/mol. The molecule has 2 nitrogen and oxygen atoms in total. The predicted octanol–water partition coefficient (Wildman–Crippen LogP) is 4.13. The number of allylic oxidation sites excluding steroid dienone is 1. The van der Waals surface area contributed by atoms with Gasteiger partial charge in [0.25, 0.3) is 0 Å². The van der Waals surface area contributed by atoms with Crippen LogP contribution in [0.25, 0.3) is 0 Å². The maximum atomic E-state index is 13.1. The molecule has 0 aromatic heterocycles. The molecule has 0 fully saturated rings. The van der Waals surface area contributed by atoms with Crippen molar-refractivity contribution in [3.8, 4) is 0 Å². The summed E-state index contributed by atoms with van der Waals surface area (Å²) < 4.78 is 13.1. The van der Waals surface area contributed by atoms with E-state index in [0.29, 0.717) is 11.4 Å². The van der Waals surface area contributed by atoms with Crippen LogP contribution in [0, 0.1) is 5.82 Å². The Morgan fingerprint density at radius 1 is 1.25 bits per heavy atom. The Morgan fingerprint density at radius 3 is 2.80 bits per heavy atom.